The van der Waals surface area contributed by atoms with Crippen molar-refractivity contribution >= 4 is 9.84 Å². The normalized spacial score (nSPS) is 14.5. The van der Waals surface area contributed by atoms with Crippen molar-refractivity contribution in [3.8, 4) is 0 Å². The van der Waals surface area contributed by atoms with Crippen LogP contribution in [0.4, 0.5) is 0 Å². The van der Waals surface area contributed by atoms with E-state index in [1.165, 1.54) is 18.2 Å². The fourth-order valence-electron chi connectivity index (χ4n) is 1.09. The second-order valence-corrected chi connectivity index (χ2v) is 5.75. The number of sulfone groups is 1. The predicted molar refractivity (Wildman–Crippen MR) is 63.6 cm³/mol. The maximum atomic E-state index is 11.8. The molecular weight excluding hydrogens is 224 g/mol. The van der Waals surface area contributed by atoms with Crippen molar-refractivity contribution in [3.05, 3.63) is 41.8 Å². The molecule has 3 nitrogen and oxygen atoms in total. The Morgan fingerprint density at radius 1 is 1.19 bits per heavy atom. The van der Waals surface area contributed by atoms with Crippen molar-refractivity contribution in [1.82, 2.24) is 0 Å². The standard InChI is InChI=1S/C12H16O3S/c1-10(2)12(13)8-9-16(14,15)11-6-4-3-5-7-11/h3-10,12-13H,1-2H3/b9-8+/t12-/m1/s1. The average Bonchev–Trinajstić information content (AvgIpc) is 2.27. The van der Waals surface area contributed by atoms with Crippen LogP contribution in [0.15, 0.2) is 46.7 Å². The van der Waals surface area contributed by atoms with Gasteiger partial charge in [-0.3, -0.25) is 0 Å². The summed E-state index contributed by atoms with van der Waals surface area (Å²) < 4.78 is 23.5. The third-order valence-electron chi connectivity index (χ3n) is 2.21. The van der Waals surface area contributed by atoms with Gasteiger partial charge in [0.1, 0.15) is 0 Å². The van der Waals surface area contributed by atoms with Crippen LogP contribution in [0, 0.1) is 5.92 Å². The molecule has 4 heteroatoms. The molecule has 0 bridgehead atoms. The van der Waals surface area contributed by atoms with Gasteiger partial charge in [0.05, 0.1) is 11.0 Å². The van der Waals surface area contributed by atoms with Crippen LogP contribution in [0.25, 0.3) is 0 Å². The van der Waals surface area contributed by atoms with Gasteiger partial charge in [-0.25, -0.2) is 8.42 Å². The average molecular weight is 240 g/mol. The lowest BCUT2D eigenvalue weighted by Gasteiger charge is -2.08. The molecule has 0 aliphatic rings. The van der Waals surface area contributed by atoms with Crippen LogP contribution in [0.2, 0.25) is 0 Å². The van der Waals surface area contributed by atoms with E-state index in [-0.39, 0.29) is 10.8 Å². The van der Waals surface area contributed by atoms with Crippen LogP contribution in [-0.4, -0.2) is 19.6 Å². The molecule has 1 N–H and O–H groups in total. The van der Waals surface area contributed by atoms with Crippen LogP contribution in [0.1, 0.15) is 13.8 Å². The summed E-state index contributed by atoms with van der Waals surface area (Å²) in [7, 11) is -3.43. The highest BCUT2D eigenvalue weighted by Crippen LogP contribution is 2.12. The molecule has 1 rings (SSSR count). The van der Waals surface area contributed by atoms with E-state index in [9.17, 15) is 13.5 Å². The minimum Gasteiger partial charge on any atom is -0.389 e. The number of hydrogen-bond acceptors (Lipinski definition) is 3. The van der Waals surface area contributed by atoms with Crippen molar-refractivity contribution in [1.29, 1.82) is 0 Å². The topological polar surface area (TPSA) is 54.4 Å². The molecule has 0 radical (unpaired) electrons. The third kappa shape index (κ3) is 3.47. The van der Waals surface area contributed by atoms with Crippen molar-refractivity contribution in [2.75, 3.05) is 0 Å². The Balaban J connectivity index is 2.89. The zero-order chi connectivity index (χ0) is 12.2. The molecule has 0 unspecified atom stereocenters. The molecule has 1 aromatic rings. The second-order valence-electron chi connectivity index (χ2n) is 3.92. The van der Waals surface area contributed by atoms with Gasteiger partial charge in [0, 0.05) is 5.41 Å². The molecule has 88 valence electrons. The molecule has 0 saturated carbocycles. The molecule has 1 aromatic carbocycles. The predicted octanol–water partition coefficient (Wildman–Crippen LogP) is 1.99. The molecule has 1 atom stereocenters. The fraction of sp³-hybridized carbons (Fsp3) is 0.333. The molecule has 0 amide bonds. The van der Waals surface area contributed by atoms with Crippen molar-refractivity contribution in [2.45, 2.75) is 24.8 Å². The summed E-state index contributed by atoms with van der Waals surface area (Å²) in [6.07, 6.45) is 0.575. The van der Waals surface area contributed by atoms with E-state index in [1.54, 1.807) is 18.2 Å². The quantitative estimate of drug-likeness (QED) is 0.875. The third-order valence-corrected chi connectivity index (χ3v) is 3.65. The molecule has 0 fully saturated rings. The van der Waals surface area contributed by atoms with Gasteiger partial charge >= 0.3 is 0 Å². The van der Waals surface area contributed by atoms with Crippen molar-refractivity contribution < 1.29 is 13.5 Å². The van der Waals surface area contributed by atoms with Gasteiger partial charge < -0.3 is 5.11 Å². The summed E-state index contributed by atoms with van der Waals surface area (Å²) in [4.78, 5) is 0.238. The van der Waals surface area contributed by atoms with Crippen LogP contribution < -0.4 is 0 Å². The van der Waals surface area contributed by atoms with Crippen molar-refractivity contribution in [3.63, 3.8) is 0 Å². The Morgan fingerprint density at radius 3 is 2.25 bits per heavy atom. The van der Waals surface area contributed by atoms with Gasteiger partial charge in [-0.1, -0.05) is 32.0 Å². The summed E-state index contributed by atoms with van der Waals surface area (Å²) in [5.41, 5.74) is 0. The highest BCUT2D eigenvalue weighted by molar-refractivity contribution is 7.94. The van der Waals surface area contributed by atoms with E-state index in [2.05, 4.69) is 0 Å². The number of aliphatic hydroxyl groups excluding tert-OH is 1. The minimum atomic E-state index is -3.43. The fourth-order valence-corrected chi connectivity index (χ4v) is 2.16. The second kappa shape index (κ2) is 5.27. The zero-order valence-corrected chi connectivity index (χ0v) is 10.2. The van der Waals surface area contributed by atoms with Gasteiger partial charge in [-0.15, -0.1) is 0 Å². The summed E-state index contributed by atoms with van der Waals surface area (Å²) >= 11 is 0. The minimum absolute atomic E-state index is 0.00206. The number of rotatable bonds is 4. The monoisotopic (exact) mass is 240 g/mol. The SMILES string of the molecule is CC(C)[C@H](O)/C=C/S(=O)(=O)c1ccccc1. The maximum Gasteiger partial charge on any atom is 0.199 e. The van der Waals surface area contributed by atoms with Crippen LogP contribution in [0.5, 0.6) is 0 Å². The highest BCUT2D eigenvalue weighted by atomic mass is 32.2. The Bertz CT molecular complexity index is 446. The molecule has 0 aliphatic heterocycles. The van der Waals surface area contributed by atoms with E-state index < -0.39 is 15.9 Å². The van der Waals surface area contributed by atoms with E-state index in [4.69, 9.17) is 0 Å². The Kier molecular flexibility index (Phi) is 4.26. The molecule has 0 saturated heterocycles. The largest absolute Gasteiger partial charge is 0.389 e. The zero-order valence-electron chi connectivity index (χ0n) is 9.37. The lowest BCUT2D eigenvalue weighted by molar-refractivity contribution is 0.172. The molecule has 0 aromatic heterocycles. The van der Waals surface area contributed by atoms with Crippen LogP contribution >= 0.6 is 0 Å². The van der Waals surface area contributed by atoms with E-state index in [0.717, 1.165) is 5.41 Å². The lowest BCUT2D eigenvalue weighted by Crippen LogP contribution is -2.11. The molecule has 0 spiro atoms. The highest BCUT2D eigenvalue weighted by Gasteiger charge is 2.11. The van der Waals surface area contributed by atoms with Crippen LogP contribution in [-0.2, 0) is 9.84 Å². The maximum absolute atomic E-state index is 11.8. The van der Waals surface area contributed by atoms with Gasteiger partial charge in [0.25, 0.3) is 0 Å². The van der Waals surface area contributed by atoms with E-state index >= 15 is 0 Å². The van der Waals surface area contributed by atoms with Crippen molar-refractivity contribution in [2.24, 2.45) is 5.92 Å². The lowest BCUT2D eigenvalue weighted by atomic mass is 10.1. The number of aliphatic hydroxyl groups is 1. The van der Waals surface area contributed by atoms with E-state index in [0.29, 0.717) is 0 Å². The molecule has 16 heavy (non-hydrogen) atoms. The first-order chi connectivity index (χ1) is 7.43. The Labute approximate surface area is 96.4 Å². The summed E-state index contributed by atoms with van der Waals surface area (Å²) in [5.74, 6) is 0.00206. The summed E-state index contributed by atoms with van der Waals surface area (Å²) in [6.45, 7) is 3.65. The first-order valence-corrected chi connectivity index (χ1v) is 6.64. The summed E-state index contributed by atoms with van der Waals surface area (Å²) in [6, 6.07) is 8.15. The van der Waals surface area contributed by atoms with Gasteiger partial charge in [0.2, 0.25) is 0 Å². The molecule has 0 heterocycles. The Morgan fingerprint density at radius 2 is 1.75 bits per heavy atom. The summed E-state index contributed by atoms with van der Waals surface area (Å²) in [5, 5.41) is 10.5. The van der Waals surface area contributed by atoms with Gasteiger partial charge in [0.15, 0.2) is 9.84 Å². The first-order valence-electron chi connectivity index (χ1n) is 5.10. The van der Waals surface area contributed by atoms with E-state index in [1.807, 2.05) is 13.8 Å². The first kappa shape index (κ1) is 12.9. The molecule has 0 aliphatic carbocycles. The number of hydrogen-bond donors (Lipinski definition) is 1. The van der Waals surface area contributed by atoms with Gasteiger partial charge in [-0.05, 0) is 24.1 Å². The molecular formula is C12H16O3S. The van der Waals surface area contributed by atoms with Crippen LogP contribution in [0.3, 0.4) is 0 Å². The smallest absolute Gasteiger partial charge is 0.199 e. The Hall–Kier alpha value is -1.13. The van der Waals surface area contributed by atoms with Gasteiger partial charge in [-0.2, -0.15) is 0 Å². The number of benzene rings is 1.